The Balaban J connectivity index is 3.71. The zero-order valence-corrected chi connectivity index (χ0v) is 6.16. The lowest BCUT2D eigenvalue weighted by Gasteiger charge is -2.16. The van der Waals surface area contributed by atoms with E-state index in [1.54, 1.807) is 6.92 Å². The van der Waals surface area contributed by atoms with E-state index in [0.29, 0.717) is 0 Å². The van der Waals surface area contributed by atoms with Crippen molar-refractivity contribution in [1.29, 1.82) is 0 Å². The molecule has 2 nitrogen and oxygen atoms in total. The number of carbonyl (C=O) groups is 1. The first-order valence-electron chi connectivity index (χ1n) is 3.23. The third kappa shape index (κ3) is 2.61. The molecule has 0 amide bonds. The molecule has 0 bridgehead atoms. The van der Waals surface area contributed by atoms with Crippen LogP contribution in [-0.2, 0) is 4.79 Å². The Kier molecular flexibility index (Phi) is 3.47. The molecular formula is C7H14O2. The van der Waals surface area contributed by atoms with Crippen LogP contribution >= 0.6 is 0 Å². The first-order valence-corrected chi connectivity index (χ1v) is 3.23. The Labute approximate surface area is 55.9 Å². The van der Waals surface area contributed by atoms with E-state index in [1.165, 1.54) is 0 Å². The molecule has 0 fully saturated rings. The SMILES string of the molecule is CC(C)[C@@H](O)[C@H](C)C=O. The van der Waals surface area contributed by atoms with Gasteiger partial charge in [0.25, 0.3) is 0 Å². The van der Waals surface area contributed by atoms with Crippen molar-refractivity contribution in [3.63, 3.8) is 0 Å². The molecule has 0 saturated heterocycles. The minimum atomic E-state index is -0.484. The summed E-state index contributed by atoms with van der Waals surface area (Å²) in [6, 6.07) is 0. The minimum absolute atomic E-state index is 0.171. The summed E-state index contributed by atoms with van der Waals surface area (Å²) in [6.07, 6.45) is 0.299. The summed E-state index contributed by atoms with van der Waals surface area (Å²) in [5.74, 6) is -0.0600. The molecule has 0 aromatic carbocycles. The zero-order chi connectivity index (χ0) is 7.44. The monoisotopic (exact) mass is 130 g/mol. The van der Waals surface area contributed by atoms with Crippen LogP contribution in [0.4, 0.5) is 0 Å². The molecule has 0 aliphatic rings. The van der Waals surface area contributed by atoms with Gasteiger partial charge >= 0.3 is 0 Å². The van der Waals surface area contributed by atoms with Gasteiger partial charge in [-0.1, -0.05) is 20.8 Å². The molecule has 2 atom stereocenters. The number of carbonyl (C=O) groups excluding carboxylic acids is 1. The summed E-state index contributed by atoms with van der Waals surface area (Å²) in [4.78, 5) is 10.1. The van der Waals surface area contributed by atoms with Crippen molar-refractivity contribution < 1.29 is 9.90 Å². The summed E-state index contributed by atoms with van der Waals surface area (Å²) >= 11 is 0. The van der Waals surface area contributed by atoms with Crippen LogP contribution < -0.4 is 0 Å². The lowest BCUT2D eigenvalue weighted by atomic mass is 9.96. The van der Waals surface area contributed by atoms with Gasteiger partial charge in [-0.05, 0) is 5.92 Å². The molecule has 0 aliphatic carbocycles. The Morgan fingerprint density at radius 2 is 1.78 bits per heavy atom. The van der Waals surface area contributed by atoms with Crippen LogP contribution in [0.2, 0.25) is 0 Å². The number of aldehydes is 1. The molecule has 0 aliphatic heterocycles. The van der Waals surface area contributed by atoms with Gasteiger partial charge in [0.05, 0.1) is 6.10 Å². The van der Waals surface area contributed by atoms with Crippen LogP contribution in [0, 0.1) is 11.8 Å². The molecule has 1 N–H and O–H groups in total. The van der Waals surface area contributed by atoms with E-state index in [1.807, 2.05) is 13.8 Å². The number of rotatable bonds is 3. The van der Waals surface area contributed by atoms with E-state index in [9.17, 15) is 4.79 Å². The fourth-order valence-corrected chi connectivity index (χ4v) is 0.688. The summed E-state index contributed by atoms with van der Waals surface area (Å²) in [5, 5.41) is 9.16. The van der Waals surface area contributed by atoms with Gasteiger partial charge in [-0.25, -0.2) is 0 Å². The van der Waals surface area contributed by atoms with Gasteiger partial charge in [-0.15, -0.1) is 0 Å². The predicted molar refractivity (Wildman–Crippen MR) is 36.1 cm³/mol. The predicted octanol–water partition coefficient (Wildman–Crippen LogP) is 0.838. The molecule has 54 valence electrons. The van der Waals surface area contributed by atoms with Gasteiger partial charge in [0.2, 0.25) is 0 Å². The number of aliphatic hydroxyl groups is 1. The van der Waals surface area contributed by atoms with Crippen molar-refractivity contribution >= 4 is 6.29 Å². The van der Waals surface area contributed by atoms with Gasteiger partial charge < -0.3 is 9.90 Å². The number of aliphatic hydroxyl groups excluding tert-OH is 1. The summed E-state index contributed by atoms with van der Waals surface area (Å²) in [6.45, 7) is 5.51. The average Bonchev–Trinajstić information content (AvgIpc) is 1.84. The highest BCUT2D eigenvalue weighted by Crippen LogP contribution is 2.09. The summed E-state index contributed by atoms with van der Waals surface area (Å²) in [7, 11) is 0. The van der Waals surface area contributed by atoms with Crippen LogP contribution in [0.25, 0.3) is 0 Å². The molecule has 0 saturated carbocycles. The van der Waals surface area contributed by atoms with Crippen molar-refractivity contribution in [2.24, 2.45) is 11.8 Å². The smallest absolute Gasteiger partial charge is 0.125 e. The highest BCUT2D eigenvalue weighted by Gasteiger charge is 2.15. The van der Waals surface area contributed by atoms with Gasteiger partial charge in [0.1, 0.15) is 6.29 Å². The molecular weight excluding hydrogens is 116 g/mol. The van der Waals surface area contributed by atoms with E-state index in [2.05, 4.69) is 0 Å². The average molecular weight is 130 g/mol. The first-order chi connectivity index (χ1) is 4.09. The maximum atomic E-state index is 10.1. The molecule has 0 rings (SSSR count). The van der Waals surface area contributed by atoms with Crippen LogP contribution in [0.1, 0.15) is 20.8 Å². The fraction of sp³-hybridized carbons (Fsp3) is 0.857. The third-order valence-electron chi connectivity index (χ3n) is 1.44. The second-order valence-electron chi connectivity index (χ2n) is 2.73. The quantitative estimate of drug-likeness (QED) is 0.575. The lowest BCUT2D eigenvalue weighted by Crippen LogP contribution is -2.24. The second-order valence-corrected chi connectivity index (χ2v) is 2.73. The van der Waals surface area contributed by atoms with Gasteiger partial charge in [-0.3, -0.25) is 0 Å². The maximum Gasteiger partial charge on any atom is 0.125 e. The molecule has 2 heteroatoms. The van der Waals surface area contributed by atoms with Gasteiger partial charge in [0.15, 0.2) is 0 Å². The molecule has 0 spiro atoms. The molecule has 0 heterocycles. The fourth-order valence-electron chi connectivity index (χ4n) is 0.688. The van der Waals surface area contributed by atoms with Crippen LogP contribution in [0.5, 0.6) is 0 Å². The van der Waals surface area contributed by atoms with E-state index >= 15 is 0 Å². The minimum Gasteiger partial charge on any atom is -0.392 e. The van der Waals surface area contributed by atoms with Gasteiger partial charge in [0, 0.05) is 5.92 Å². The highest BCUT2D eigenvalue weighted by atomic mass is 16.3. The van der Waals surface area contributed by atoms with Crippen molar-refractivity contribution in [2.45, 2.75) is 26.9 Å². The molecule has 0 aromatic rings. The second kappa shape index (κ2) is 3.62. The van der Waals surface area contributed by atoms with Crippen LogP contribution in [0.15, 0.2) is 0 Å². The lowest BCUT2D eigenvalue weighted by molar-refractivity contribution is -0.114. The van der Waals surface area contributed by atoms with Crippen molar-refractivity contribution in [1.82, 2.24) is 0 Å². The number of hydrogen-bond donors (Lipinski definition) is 1. The Morgan fingerprint density at radius 1 is 1.33 bits per heavy atom. The number of hydrogen-bond acceptors (Lipinski definition) is 2. The maximum absolute atomic E-state index is 10.1. The third-order valence-corrected chi connectivity index (χ3v) is 1.44. The van der Waals surface area contributed by atoms with E-state index < -0.39 is 6.10 Å². The largest absolute Gasteiger partial charge is 0.392 e. The van der Waals surface area contributed by atoms with Crippen LogP contribution in [0.3, 0.4) is 0 Å². The van der Waals surface area contributed by atoms with Crippen molar-refractivity contribution in [3.05, 3.63) is 0 Å². The van der Waals surface area contributed by atoms with Crippen molar-refractivity contribution in [3.8, 4) is 0 Å². The first kappa shape index (κ1) is 8.63. The summed E-state index contributed by atoms with van der Waals surface area (Å²) in [5.41, 5.74) is 0. The van der Waals surface area contributed by atoms with Crippen molar-refractivity contribution in [2.75, 3.05) is 0 Å². The van der Waals surface area contributed by atoms with Crippen LogP contribution in [-0.4, -0.2) is 17.5 Å². The molecule has 0 unspecified atom stereocenters. The Hall–Kier alpha value is -0.370. The zero-order valence-electron chi connectivity index (χ0n) is 6.16. The molecule has 9 heavy (non-hydrogen) atoms. The van der Waals surface area contributed by atoms with Gasteiger partial charge in [-0.2, -0.15) is 0 Å². The highest BCUT2D eigenvalue weighted by molar-refractivity contribution is 5.53. The molecule has 0 aromatic heterocycles. The Bertz CT molecular complexity index is 88.9. The summed E-state index contributed by atoms with van der Waals surface area (Å²) < 4.78 is 0. The molecule has 0 radical (unpaired) electrons. The Morgan fingerprint density at radius 3 is 1.89 bits per heavy atom. The topological polar surface area (TPSA) is 37.3 Å². The van der Waals surface area contributed by atoms with E-state index in [0.717, 1.165) is 6.29 Å². The van der Waals surface area contributed by atoms with E-state index in [4.69, 9.17) is 5.11 Å². The van der Waals surface area contributed by atoms with E-state index in [-0.39, 0.29) is 11.8 Å². The normalized spacial score (nSPS) is 17.4. The standard InChI is InChI=1S/C7H14O2/c1-5(2)7(9)6(3)4-8/h4-7,9H,1-3H3/t6-,7-/m1/s1.